The van der Waals surface area contributed by atoms with Crippen molar-refractivity contribution >= 4 is 23.5 Å². The van der Waals surface area contributed by atoms with Gasteiger partial charge in [-0.3, -0.25) is 9.59 Å². The normalized spacial score (nSPS) is 32.9. The van der Waals surface area contributed by atoms with Gasteiger partial charge in [-0.05, 0) is 80.9 Å². The number of ether oxygens (including phenoxy) is 1. The molecule has 0 heterocycles. The molecule has 0 aliphatic heterocycles. The maximum atomic E-state index is 12.8. The predicted octanol–water partition coefficient (Wildman–Crippen LogP) is 4.28. The fourth-order valence-corrected chi connectivity index (χ4v) is 5.99. The minimum absolute atomic E-state index is 0.151. The van der Waals surface area contributed by atoms with Crippen molar-refractivity contribution in [3.05, 3.63) is 34.9 Å². The van der Waals surface area contributed by atoms with Crippen LogP contribution in [0.25, 0.3) is 0 Å². The maximum Gasteiger partial charge on any atom is 0.312 e. The highest BCUT2D eigenvalue weighted by atomic mass is 35.5. The Kier molecular flexibility index (Phi) is 4.72. The summed E-state index contributed by atoms with van der Waals surface area (Å²) in [4.78, 5) is 25.0. The third-order valence-corrected chi connectivity index (χ3v) is 6.77. The number of esters is 1. The first-order valence-corrected chi connectivity index (χ1v) is 10.0. The van der Waals surface area contributed by atoms with E-state index in [1.165, 1.54) is 19.3 Å². The summed E-state index contributed by atoms with van der Waals surface area (Å²) >= 11 is 6.00. The molecular weight excluding hydrogens is 350 g/mol. The number of hydrogen-bond acceptors (Lipinski definition) is 3. The molecule has 4 nitrogen and oxygen atoms in total. The molecule has 140 valence electrons. The van der Waals surface area contributed by atoms with E-state index >= 15 is 0 Å². The minimum atomic E-state index is -0.312. The molecule has 26 heavy (non-hydrogen) atoms. The lowest BCUT2D eigenvalue weighted by Crippen LogP contribution is -2.51. The number of nitrogens with one attached hydrogen (secondary N) is 1. The Balaban J connectivity index is 1.31. The zero-order valence-corrected chi connectivity index (χ0v) is 15.9. The molecule has 4 aliphatic rings. The highest BCUT2D eigenvalue weighted by Crippen LogP contribution is 2.60. The van der Waals surface area contributed by atoms with Crippen molar-refractivity contribution in [2.75, 3.05) is 6.61 Å². The Morgan fingerprint density at radius 3 is 2.38 bits per heavy atom. The molecule has 1 N–H and O–H groups in total. The van der Waals surface area contributed by atoms with Gasteiger partial charge in [0.05, 0.1) is 11.5 Å². The van der Waals surface area contributed by atoms with Gasteiger partial charge in [-0.2, -0.15) is 0 Å². The van der Waals surface area contributed by atoms with E-state index in [1.54, 1.807) is 6.07 Å². The molecule has 1 aromatic carbocycles. The number of benzene rings is 1. The standard InChI is InChI=1S/C21H26ClNO3/c1-13(17-3-2-4-18(22)8-17)23-19(24)12-26-20(25)21-9-14-5-15(10-21)7-16(6-14)11-21/h2-4,8,13-16H,5-7,9-12H2,1H3,(H,23,24)/t13-,14?,15?,16?,21?/m0/s1. The van der Waals surface area contributed by atoms with Gasteiger partial charge in [-0.15, -0.1) is 0 Å². The van der Waals surface area contributed by atoms with Crippen LogP contribution in [-0.2, 0) is 14.3 Å². The SMILES string of the molecule is C[C@H](NC(=O)COC(=O)C12CC3CC(CC(C3)C1)C2)c1cccc(Cl)c1. The molecular formula is C21H26ClNO3. The summed E-state index contributed by atoms with van der Waals surface area (Å²) in [6.07, 6.45) is 6.72. The monoisotopic (exact) mass is 375 g/mol. The lowest BCUT2D eigenvalue weighted by atomic mass is 9.49. The average molecular weight is 376 g/mol. The first-order valence-electron chi connectivity index (χ1n) is 9.65. The summed E-state index contributed by atoms with van der Waals surface area (Å²) in [5.41, 5.74) is 0.617. The number of amides is 1. The van der Waals surface area contributed by atoms with Gasteiger partial charge in [0.15, 0.2) is 6.61 Å². The topological polar surface area (TPSA) is 55.4 Å². The summed E-state index contributed by atoms with van der Waals surface area (Å²) in [7, 11) is 0. The number of carbonyl (C=O) groups excluding carboxylic acids is 2. The maximum absolute atomic E-state index is 12.8. The molecule has 0 aromatic heterocycles. The van der Waals surface area contributed by atoms with Crippen LogP contribution in [-0.4, -0.2) is 18.5 Å². The van der Waals surface area contributed by atoms with Crippen LogP contribution in [0.1, 0.15) is 57.1 Å². The van der Waals surface area contributed by atoms with Crippen LogP contribution >= 0.6 is 11.6 Å². The van der Waals surface area contributed by atoms with Crippen LogP contribution in [0.4, 0.5) is 0 Å². The van der Waals surface area contributed by atoms with Crippen molar-refractivity contribution in [3.63, 3.8) is 0 Å². The summed E-state index contributed by atoms with van der Waals surface area (Å²) in [6.45, 7) is 1.69. The molecule has 5 rings (SSSR count). The highest BCUT2D eigenvalue weighted by molar-refractivity contribution is 6.30. The molecule has 1 aromatic rings. The molecule has 0 spiro atoms. The van der Waals surface area contributed by atoms with Crippen molar-refractivity contribution in [1.82, 2.24) is 5.32 Å². The Labute approximate surface area is 159 Å². The summed E-state index contributed by atoms with van der Waals surface area (Å²) in [5, 5.41) is 3.51. The van der Waals surface area contributed by atoms with Gasteiger partial charge in [0.2, 0.25) is 0 Å². The van der Waals surface area contributed by atoms with E-state index < -0.39 is 0 Å². The molecule has 4 fully saturated rings. The van der Waals surface area contributed by atoms with Crippen LogP contribution in [0.15, 0.2) is 24.3 Å². The molecule has 1 atom stereocenters. The van der Waals surface area contributed by atoms with Crippen LogP contribution in [0.3, 0.4) is 0 Å². The molecule has 0 saturated heterocycles. The zero-order valence-electron chi connectivity index (χ0n) is 15.2. The minimum Gasteiger partial charge on any atom is -0.455 e. The second-order valence-electron chi connectivity index (χ2n) is 8.62. The quantitative estimate of drug-likeness (QED) is 0.781. The molecule has 4 bridgehead atoms. The Morgan fingerprint density at radius 1 is 1.19 bits per heavy atom. The summed E-state index contributed by atoms with van der Waals surface area (Å²) in [5.74, 6) is 1.64. The largest absolute Gasteiger partial charge is 0.455 e. The second-order valence-corrected chi connectivity index (χ2v) is 9.05. The Hall–Kier alpha value is -1.55. The van der Waals surface area contributed by atoms with Crippen LogP contribution in [0.2, 0.25) is 5.02 Å². The highest BCUT2D eigenvalue weighted by Gasteiger charge is 2.55. The number of carbonyl (C=O) groups is 2. The molecule has 4 saturated carbocycles. The van der Waals surface area contributed by atoms with E-state index in [-0.39, 0.29) is 29.9 Å². The van der Waals surface area contributed by atoms with Gasteiger partial charge in [-0.25, -0.2) is 0 Å². The van der Waals surface area contributed by atoms with Crippen LogP contribution < -0.4 is 5.32 Å². The van der Waals surface area contributed by atoms with Crippen molar-refractivity contribution in [1.29, 1.82) is 0 Å². The molecule has 0 unspecified atom stereocenters. The fraction of sp³-hybridized carbons (Fsp3) is 0.619. The van der Waals surface area contributed by atoms with Gasteiger partial charge >= 0.3 is 5.97 Å². The summed E-state index contributed by atoms with van der Waals surface area (Å²) in [6, 6.07) is 7.21. The predicted molar refractivity (Wildman–Crippen MR) is 99.6 cm³/mol. The van der Waals surface area contributed by atoms with Gasteiger partial charge in [0.25, 0.3) is 5.91 Å². The smallest absolute Gasteiger partial charge is 0.312 e. The van der Waals surface area contributed by atoms with Crippen LogP contribution in [0, 0.1) is 23.2 Å². The third-order valence-electron chi connectivity index (χ3n) is 6.53. The lowest BCUT2D eigenvalue weighted by Gasteiger charge is -2.55. The molecule has 0 radical (unpaired) electrons. The fourth-order valence-electron chi connectivity index (χ4n) is 5.79. The number of rotatable bonds is 5. The van der Waals surface area contributed by atoms with Crippen LogP contribution in [0.5, 0.6) is 0 Å². The van der Waals surface area contributed by atoms with Crippen molar-refractivity contribution in [3.8, 4) is 0 Å². The lowest BCUT2D eigenvalue weighted by molar-refractivity contribution is -0.173. The second kappa shape index (κ2) is 6.88. The molecule has 5 heteroatoms. The first kappa shape index (κ1) is 17.8. The van der Waals surface area contributed by atoms with Gasteiger partial charge in [0, 0.05) is 5.02 Å². The first-order chi connectivity index (χ1) is 12.4. The van der Waals surface area contributed by atoms with Crippen molar-refractivity contribution < 1.29 is 14.3 Å². The van der Waals surface area contributed by atoms with Gasteiger partial charge in [0.1, 0.15) is 0 Å². The van der Waals surface area contributed by atoms with E-state index in [0.717, 1.165) is 24.8 Å². The van der Waals surface area contributed by atoms with E-state index in [4.69, 9.17) is 16.3 Å². The van der Waals surface area contributed by atoms with E-state index in [0.29, 0.717) is 22.8 Å². The van der Waals surface area contributed by atoms with Crippen molar-refractivity contribution in [2.24, 2.45) is 23.2 Å². The van der Waals surface area contributed by atoms with Gasteiger partial charge < -0.3 is 10.1 Å². The molecule has 1 amide bonds. The van der Waals surface area contributed by atoms with Gasteiger partial charge in [-0.1, -0.05) is 23.7 Å². The molecule has 4 aliphatic carbocycles. The van der Waals surface area contributed by atoms with E-state index in [2.05, 4.69) is 5.32 Å². The van der Waals surface area contributed by atoms with E-state index in [9.17, 15) is 9.59 Å². The number of halogens is 1. The number of hydrogen-bond donors (Lipinski definition) is 1. The third kappa shape index (κ3) is 3.48. The Bertz CT molecular complexity index is 682. The summed E-state index contributed by atoms with van der Waals surface area (Å²) < 4.78 is 5.47. The van der Waals surface area contributed by atoms with Crippen molar-refractivity contribution in [2.45, 2.75) is 51.5 Å². The Morgan fingerprint density at radius 2 is 1.81 bits per heavy atom. The zero-order chi connectivity index (χ0) is 18.3. The average Bonchev–Trinajstić information content (AvgIpc) is 2.58. The van der Waals surface area contributed by atoms with E-state index in [1.807, 2.05) is 25.1 Å².